The Bertz CT molecular complexity index is 2010. The van der Waals surface area contributed by atoms with Crippen molar-refractivity contribution >= 4 is 52.7 Å². The molecule has 1 aliphatic carbocycles. The van der Waals surface area contributed by atoms with Gasteiger partial charge in [0.1, 0.15) is 40.5 Å². The highest BCUT2D eigenvalue weighted by atomic mass is 16.6. The molecule has 0 spiro atoms. The van der Waals surface area contributed by atoms with Crippen LogP contribution in [0.25, 0.3) is 10.8 Å². The molecule has 17 heteroatoms. The van der Waals surface area contributed by atoms with Crippen molar-refractivity contribution in [2.45, 2.75) is 188 Å². The van der Waals surface area contributed by atoms with E-state index in [1.54, 1.807) is 62.3 Å². The molecule has 1 saturated carbocycles. The summed E-state index contributed by atoms with van der Waals surface area (Å²) in [7, 11) is 0. The fraction of sp³-hybridized carbons (Fsp3) is 0.667. The van der Waals surface area contributed by atoms with Crippen LogP contribution in [0.2, 0.25) is 0 Å². The summed E-state index contributed by atoms with van der Waals surface area (Å²) in [5.41, 5.74) is -2.18. The van der Waals surface area contributed by atoms with Crippen molar-refractivity contribution in [1.82, 2.24) is 31.9 Å². The van der Waals surface area contributed by atoms with Crippen molar-refractivity contribution in [2.75, 3.05) is 19.6 Å². The predicted molar refractivity (Wildman–Crippen MR) is 261 cm³/mol. The van der Waals surface area contributed by atoms with Gasteiger partial charge in [-0.25, -0.2) is 24.0 Å². The largest absolute Gasteiger partial charge is 0.460 e. The SMILES string of the molecule is CC(C)(C)OC(=O)CC[C@H](NC(=O)N[C@@H](CCCCNC(=O)[C@H](Cc1ccc2ccccc2c1)NC(=O)NCC1CCC(CNC(=O)OC(C)(C)C)CC1)C(=O)OC(C)(C)C)C(=O)OC(C)(C)C. The van der Waals surface area contributed by atoms with E-state index in [0.29, 0.717) is 31.8 Å². The summed E-state index contributed by atoms with van der Waals surface area (Å²) in [5.74, 6) is -1.79. The van der Waals surface area contributed by atoms with Crippen molar-refractivity contribution in [3.8, 4) is 0 Å². The van der Waals surface area contributed by atoms with Gasteiger partial charge >= 0.3 is 36.1 Å². The lowest BCUT2D eigenvalue weighted by Crippen LogP contribution is -2.53. The number of unbranched alkanes of at least 4 members (excludes halogenated alkanes) is 1. The monoisotopic (exact) mass is 953 g/mol. The van der Waals surface area contributed by atoms with Crippen LogP contribution in [0.3, 0.4) is 0 Å². The zero-order valence-electron chi connectivity index (χ0n) is 42.6. The van der Waals surface area contributed by atoms with E-state index in [9.17, 15) is 33.6 Å². The molecule has 0 aromatic heterocycles. The molecule has 0 aliphatic heterocycles. The average molecular weight is 953 g/mol. The van der Waals surface area contributed by atoms with E-state index in [2.05, 4.69) is 31.9 Å². The van der Waals surface area contributed by atoms with Crippen LogP contribution in [0.1, 0.15) is 146 Å². The van der Waals surface area contributed by atoms with Gasteiger partial charge in [0.05, 0.1) is 0 Å². The Morgan fingerprint density at radius 3 is 1.59 bits per heavy atom. The molecule has 17 nitrogen and oxygen atoms in total. The second-order valence-corrected chi connectivity index (χ2v) is 21.8. The van der Waals surface area contributed by atoms with Crippen molar-refractivity contribution < 1.29 is 52.5 Å². The van der Waals surface area contributed by atoms with E-state index in [-0.39, 0.29) is 44.1 Å². The average Bonchev–Trinajstić information content (AvgIpc) is 3.20. The van der Waals surface area contributed by atoms with E-state index < -0.39 is 76.6 Å². The maximum atomic E-state index is 13.8. The number of carbonyl (C=O) groups excluding carboxylic acids is 7. The Kier molecular flexibility index (Phi) is 21.4. The quantitative estimate of drug-likeness (QED) is 0.0432. The Balaban J connectivity index is 1.61. The van der Waals surface area contributed by atoms with Gasteiger partial charge in [-0.15, -0.1) is 0 Å². The van der Waals surface area contributed by atoms with Crippen LogP contribution in [0.5, 0.6) is 0 Å². The van der Waals surface area contributed by atoms with Crippen molar-refractivity contribution in [1.29, 1.82) is 0 Å². The van der Waals surface area contributed by atoms with Gasteiger partial charge in [-0.05, 0) is 163 Å². The molecule has 0 saturated heterocycles. The number of fused-ring (bicyclic) bond motifs is 1. The van der Waals surface area contributed by atoms with Gasteiger partial charge in [0.25, 0.3) is 0 Å². The summed E-state index contributed by atoms with van der Waals surface area (Å²) < 4.78 is 21.9. The first-order chi connectivity index (χ1) is 31.5. The molecule has 0 heterocycles. The summed E-state index contributed by atoms with van der Waals surface area (Å²) in [4.78, 5) is 91.7. The first-order valence-corrected chi connectivity index (χ1v) is 24.1. The highest BCUT2D eigenvalue weighted by molar-refractivity contribution is 5.89. The second kappa shape index (κ2) is 25.7. The molecular formula is C51H80N6O11. The summed E-state index contributed by atoms with van der Waals surface area (Å²) in [6.07, 6.45) is 4.05. The number of amides is 6. The lowest BCUT2D eigenvalue weighted by Gasteiger charge is -2.29. The standard InChI is InChI=1S/C51H80N6O11/c1-48(2,3)65-41(58)27-26-39(44(61)67-50(7,8)9)56-46(63)55-38(43(60)66-49(4,5)6)19-15-16-28-52-42(59)40(30-35-24-25-36-17-13-14-18-37(36)29-35)57-45(62)53-31-33-20-22-34(23-21-33)32-54-47(64)68-51(10,11)12/h13-14,17-18,24-25,29,33-34,38-40H,15-16,19-23,26-28,30-32H2,1-12H3,(H,52,59)(H,54,64)(H2,53,57,62)(H2,55,56,63)/t33?,34?,38-,39-,40-/m0/s1. The molecule has 1 fully saturated rings. The van der Waals surface area contributed by atoms with Crippen LogP contribution in [0, 0.1) is 11.8 Å². The molecular weight excluding hydrogens is 873 g/mol. The van der Waals surface area contributed by atoms with Crippen LogP contribution in [-0.4, -0.2) is 102 Å². The van der Waals surface area contributed by atoms with Gasteiger partial charge in [0, 0.05) is 32.5 Å². The van der Waals surface area contributed by atoms with Crippen molar-refractivity contribution in [3.63, 3.8) is 0 Å². The minimum absolute atomic E-state index is 0.106. The second-order valence-electron chi connectivity index (χ2n) is 21.8. The maximum Gasteiger partial charge on any atom is 0.407 e. The third kappa shape index (κ3) is 23.4. The Labute approximate surface area is 403 Å². The normalized spacial score (nSPS) is 16.8. The molecule has 0 radical (unpaired) electrons. The van der Waals surface area contributed by atoms with Gasteiger partial charge in [-0.2, -0.15) is 0 Å². The molecule has 1 aliphatic rings. The first-order valence-electron chi connectivity index (χ1n) is 24.1. The fourth-order valence-corrected chi connectivity index (χ4v) is 7.50. The molecule has 3 rings (SSSR count). The molecule has 6 N–H and O–H groups in total. The van der Waals surface area contributed by atoms with Crippen LogP contribution in [0.4, 0.5) is 14.4 Å². The summed E-state index contributed by atoms with van der Waals surface area (Å²) in [6.45, 7) is 22.0. The Morgan fingerprint density at radius 1 is 0.544 bits per heavy atom. The number of hydrogen-bond donors (Lipinski definition) is 6. The Hall–Kier alpha value is -5.61. The third-order valence-corrected chi connectivity index (χ3v) is 10.6. The lowest BCUT2D eigenvalue weighted by atomic mass is 9.82. The van der Waals surface area contributed by atoms with E-state index in [1.165, 1.54) is 0 Å². The molecule has 2 aromatic carbocycles. The number of ether oxygens (including phenoxy) is 4. The number of hydrogen-bond acceptors (Lipinski definition) is 11. The summed E-state index contributed by atoms with van der Waals surface area (Å²) in [5, 5.41) is 18.9. The number of rotatable bonds is 20. The number of esters is 3. The van der Waals surface area contributed by atoms with E-state index in [4.69, 9.17) is 18.9 Å². The first kappa shape index (κ1) is 56.7. The van der Waals surface area contributed by atoms with E-state index in [0.717, 1.165) is 42.0 Å². The molecule has 68 heavy (non-hydrogen) atoms. The topological polar surface area (TPSA) is 229 Å². The van der Waals surface area contributed by atoms with Gasteiger partial charge < -0.3 is 50.8 Å². The minimum Gasteiger partial charge on any atom is -0.460 e. The highest BCUT2D eigenvalue weighted by Crippen LogP contribution is 2.28. The van der Waals surface area contributed by atoms with Crippen LogP contribution >= 0.6 is 0 Å². The number of carbonyl (C=O) groups is 7. The summed E-state index contributed by atoms with van der Waals surface area (Å²) in [6, 6.07) is 9.28. The van der Waals surface area contributed by atoms with Gasteiger partial charge in [0.2, 0.25) is 5.91 Å². The van der Waals surface area contributed by atoms with Gasteiger partial charge in [-0.1, -0.05) is 42.5 Å². The van der Waals surface area contributed by atoms with Gasteiger partial charge in [-0.3, -0.25) is 9.59 Å². The Morgan fingerprint density at radius 2 is 1.04 bits per heavy atom. The molecule has 3 atom stereocenters. The predicted octanol–water partition coefficient (Wildman–Crippen LogP) is 7.51. The van der Waals surface area contributed by atoms with Gasteiger partial charge in [0.15, 0.2) is 0 Å². The highest BCUT2D eigenvalue weighted by Gasteiger charge is 2.32. The zero-order chi connectivity index (χ0) is 50.9. The van der Waals surface area contributed by atoms with Crippen LogP contribution in [-0.2, 0) is 44.5 Å². The molecule has 380 valence electrons. The van der Waals surface area contributed by atoms with Crippen LogP contribution < -0.4 is 31.9 Å². The van der Waals surface area contributed by atoms with Crippen molar-refractivity contribution in [3.05, 3.63) is 48.0 Å². The van der Waals surface area contributed by atoms with E-state index >= 15 is 0 Å². The number of urea groups is 2. The number of alkyl carbamates (subject to hydrolysis) is 1. The van der Waals surface area contributed by atoms with Crippen molar-refractivity contribution in [2.24, 2.45) is 11.8 Å². The summed E-state index contributed by atoms with van der Waals surface area (Å²) >= 11 is 0. The third-order valence-electron chi connectivity index (χ3n) is 10.6. The zero-order valence-corrected chi connectivity index (χ0v) is 42.6. The smallest absolute Gasteiger partial charge is 0.407 e. The molecule has 6 amide bonds. The number of benzene rings is 2. The fourth-order valence-electron chi connectivity index (χ4n) is 7.50. The maximum absolute atomic E-state index is 13.8. The number of nitrogens with one attached hydrogen (secondary N) is 6. The molecule has 0 unspecified atom stereocenters. The molecule has 0 bridgehead atoms. The van der Waals surface area contributed by atoms with Crippen LogP contribution in [0.15, 0.2) is 42.5 Å². The molecule has 2 aromatic rings. The van der Waals surface area contributed by atoms with E-state index in [1.807, 2.05) is 63.2 Å². The lowest BCUT2D eigenvalue weighted by molar-refractivity contribution is -0.159. The minimum atomic E-state index is -1.23.